The number of alkyl halides is 2. The maximum atomic E-state index is 14.2. The fourth-order valence-electron chi connectivity index (χ4n) is 3.37. The molecular weight excluding hydrogens is 308 g/mol. The minimum Gasteiger partial charge on any atom is -0.480 e. The molecule has 0 saturated carbocycles. The monoisotopic (exact) mass is 325 g/mol. The number of pyridine rings is 1. The second-order valence-electron chi connectivity index (χ2n) is 6.04. The summed E-state index contributed by atoms with van der Waals surface area (Å²) < 4.78 is 33.3. The third-order valence-corrected chi connectivity index (χ3v) is 4.37. The molecule has 1 spiro atoms. The molecule has 1 atom stereocenters. The van der Waals surface area contributed by atoms with E-state index in [4.69, 9.17) is 4.74 Å². The molecule has 2 aliphatic rings. The Bertz CT molecular complexity index is 653. The average molecular weight is 325 g/mol. The predicted octanol–water partition coefficient (Wildman–Crippen LogP) is 1.08. The lowest BCUT2D eigenvalue weighted by molar-refractivity contribution is -0.144. The van der Waals surface area contributed by atoms with Crippen molar-refractivity contribution in [1.29, 1.82) is 0 Å². The van der Waals surface area contributed by atoms with E-state index >= 15 is 0 Å². The van der Waals surface area contributed by atoms with Crippen molar-refractivity contribution < 1.29 is 23.1 Å². The smallest absolute Gasteiger partial charge is 0.266 e. The van der Waals surface area contributed by atoms with Gasteiger partial charge in [-0.3, -0.25) is 9.59 Å². The Morgan fingerprint density at radius 3 is 2.87 bits per heavy atom. The lowest BCUT2D eigenvalue weighted by atomic mass is 9.77. The van der Waals surface area contributed by atoms with Gasteiger partial charge in [-0.05, 0) is 18.6 Å². The fourth-order valence-corrected chi connectivity index (χ4v) is 3.37. The quantitative estimate of drug-likeness (QED) is 0.883. The molecule has 0 unspecified atom stereocenters. The number of ether oxygens (including phenoxy) is 1. The van der Waals surface area contributed by atoms with Crippen LogP contribution in [0.1, 0.15) is 23.2 Å². The highest BCUT2D eigenvalue weighted by Gasteiger charge is 2.55. The van der Waals surface area contributed by atoms with Crippen LogP contribution in [0.5, 0.6) is 5.88 Å². The summed E-state index contributed by atoms with van der Waals surface area (Å²) in [5, 5.41) is 2.59. The largest absolute Gasteiger partial charge is 0.480 e. The van der Waals surface area contributed by atoms with Crippen molar-refractivity contribution >= 4 is 11.8 Å². The minimum atomic E-state index is -3.11. The van der Waals surface area contributed by atoms with E-state index in [0.717, 1.165) is 4.90 Å². The Kier molecular flexibility index (Phi) is 3.69. The van der Waals surface area contributed by atoms with Gasteiger partial charge in [0, 0.05) is 25.7 Å². The van der Waals surface area contributed by atoms with Crippen molar-refractivity contribution in [2.45, 2.75) is 18.8 Å². The van der Waals surface area contributed by atoms with E-state index in [1.165, 1.54) is 25.4 Å². The molecule has 1 aromatic rings. The summed E-state index contributed by atoms with van der Waals surface area (Å²) in [4.78, 5) is 29.7. The molecule has 2 fully saturated rings. The number of hydrogen-bond donors (Lipinski definition) is 1. The van der Waals surface area contributed by atoms with Crippen LogP contribution in [0.15, 0.2) is 18.3 Å². The van der Waals surface area contributed by atoms with Gasteiger partial charge in [-0.15, -0.1) is 0 Å². The Hall–Kier alpha value is -2.25. The predicted molar refractivity (Wildman–Crippen MR) is 76.3 cm³/mol. The highest BCUT2D eigenvalue weighted by molar-refractivity contribution is 5.97. The minimum absolute atomic E-state index is 0.0225. The van der Waals surface area contributed by atoms with E-state index in [0.29, 0.717) is 13.0 Å². The number of halogens is 2. The highest BCUT2D eigenvalue weighted by atomic mass is 19.3. The normalized spacial score (nSPS) is 26.2. The molecule has 124 valence electrons. The van der Waals surface area contributed by atoms with Crippen molar-refractivity contribution in [2.24, 2.45) is 5.41 Å². The Morgan fingerprint density at radius 2 is 2.22 bits per heavy atom. The Labute approximate surface area is 131 Å². The molecule has 0 aliphatic carbocycles. The number of nitrogens with one attached hydrogen (secondary N) is 1. The first-order valence-electron chi connectivity index (χ1n) is 7.31. The van der Waals surface area contributed by atoms with E-state index < -0.39 is 36.1 Å². The van der Waals surface area contributed by atoms with Gasteiger partial charge in [0.05, 0.1) is 19.1 Å². The molecule has 8 heteroatoms. The molecule has 23 heavy (non-hydrogen) atoms. The number of piperidine rings is 1. The van der Waals surface area contributed by atoms with Crippen molar-refractivity contribution in [3.05, 3.63) is 23.9 Å². The average Bonchev–Trinajstić information content (AvgIpc) is 2.84. The molecule has 2 amide bonds. The second-order valence-corrected chi connectivity index (χ2v) is 6.04. The van der Waals surface area contributed by atoms with Crippen LogP contribution < -0.4 is 10.1 Å². The summed E-state index contributed by atoms with van der Waals surface area (Å²) in [5.74, 6) is -4.04. The zero-order chi connectivity index (χ0) is 16.7. The van der Waals surface area contributed by atoms with E-state index in [9.17, 15) is 18.4 Å². The molecule has 2 aliphatic heterocycles. The van der Waals surface area contributed by atoms with Crippen LogP contribution in [0.3, 0.4) is 0 Å². The SMILES string of the molecule is COc1ncccc1C(=O)N1CC(F)(F)C[C@@]2(CCNC2=O)C1. The van der Waals surface area contributed by atoms with Crippen LogP contribution >= 0.6 is 0 Å². The highest BCUT2D eigenvalue weighted by Crippen LogP contribution is 2.43. The topological polar surface area (TPSA) is 71.5 Å². The first-order valence-corrected chi connectivity index (χ1v) is 7.31. The van der Waals surface area contributed by atoms with Crippen LogP contribution in [0.4, 0.5) is 8.78 Å². The van der Waals surface area contributed by atoms with Crippen molar-refractivity contribution in [1.82, 2.24) is 15.2 Å². The number of carbonyl (C=O) groups is 2. The van der Waals surface area contributed by atoms with Gasteiger partial charge in [0.1, 0.15) is 5.56 Å². The van der Waals surface area contributed by atoms with Gasteiger partial charge < -0.3 is 15.0 Å². The molecule has 3 heterocycles. The fraction of sp³-hybridized carbons (Fsp3) is 0.533. The molecule has 2 saturated heterocycles. The lowest BCUT2D eigenvalue weighted by Crippen LogP contribution is -2.56. The van der Waals surface area contributed by atoms with Gasteiger partial charge in [-0.1, -0.05) is 0 Å². The van der Waals surface area contributed by atoms with Crippen LogP contribution in [0.25, 0.3) is 0 Å². The second kappa shape index (κ2) is 5.43. The van der Waals surface area contributed by atoms with Crippen LogP contribution in [-0.2, 0) is 4.79 Å². The lowest BCUT2D eigenvalue weighted by Gasteiger charge is -2.42. The number of likely N-dealkylation sites (tertiary alicyclic amines) is 1. The molecule has 3 rings (SSSR count). The van der Waals surface area contributed by atoms with E-state index in [1.807, 2.05) is 0 Å². The molecular formula is C15H17F2N3O3. The maximum Gasteiger partial charge on any atom is 0.266 e. The molecule has 1 aromatic heterocycles. The number of methoxy groups -OCH3 is 1. The third kappa shape index (κ3) is 2.73. The zero-order valence-corrected chi connectivity index (χ0v) is 12.6. The summed E-state index contributed by atoms with van der Waals surface area (Å²) >= 11 is 0. The van der Waals surface area contributed by atoms with E-state index in [2.05, 4.69) is 10.3 Å². The molecule has 0 bridgehead atoms. The Balaban J connectivity index is 1.92. The molecule has 0 aromatic carbocycles. The molecule has 1 N–H and O–H groups in total. The summed E-state index contributed by atoms with van der Waals surface area (Å²) in [7, 11) is 1.36. The summed E-state index contributed by atoms with van der Waals surface area (Å²) in [5.41, 5.74) is -1.10. The van der Waals surface area contributed by atoms with Gasteiger partial charge in [0.15, 0.2) is 0 Å². The van der Waals surface area contributed by atoms with Gasteiger partial charge >= 0.3 is 0 Å². The third-order valence-electron chi connectivity index (χ3n) is 4.37. The van der Waals surface area contributed by atoms with Crippen LogP contribution in [0.2, 0.25) is 0 Å². The standard InChI is InChI=1S/C15H17F2N3O3/c1-23-11-10(3-2-5-18-11)12(21)20-8-14(4-6-19-13(14)22)7-15(16,17)9-20/h2-3,5H,4,6-9H2,1H3,(H,19,22)/t14-/m0/s1. The van der Waals surface area contributed by atoms with Gasteiger partial charge in [0.25, 0.3) is 11.8 Å². The number of carbonyl (C=O) groups excluding carboxylic acids is 2. The van der Waals surface area contributed by atoms with Gasteiger partial charge in [-0.2, -0.15) is 0 Å². The molecule has 0 radical (unpaired) electrons. The summed E-state index contributed by atoms with van der Waals surface area (Å²) in [6, 6.07) is 3.01. The van der Waals surface area contributed by atoms with Gasteiger partial charge in [0.2, 0.25) is 11.8 Å². The van der Waals surface area contributed by atoms with E-state index in [-0.39, 0.29) is 18.0 Å². The van der Waals surface area contributed by atoms with E-state index in [1.54, 1.807) is 0 Å². The number of hydrogen-bond acceptors (Lipinski definition) is 4. The first-order chi connectivity index (χ1) is 10.9. The summed E-state index contributed by atoms with van der Waals surface area (Å²) in [6.07, 6.45) is 1.22. The maximum absolute atomic E-state index is 14.2. The van der Waals surface area contributed by atoms with Crippen molar-refractivity contribution in [3.63, 3.8) is 0 Å². The number of rotatable bonds is 2. The number of aromatic nitrogens is 1. The number of nitrogens with zero attached hydrogens (tertiary/aromatic N) is 2. The van der Waals surface area contributed by atoms with Crippen molar-refractivity contribution in [3.8, 4) is 5.88 Å². The van der Waals surface area contributed by atoms with Crippen molar-refractivity contribution in [2.75, 3.05) is 26.7 Å². The Morgan fingerprint density at radius 1 is 1.43 bits per heavy atom. The van der Waals surface area contributed by atoms with Gasteiger partial charge in [-0.25, -0.2) is 13.8 Å². The zero-order valence-electron chi connectivity index (χ0n) is 12.6. The molecule has 6 nitrogen and oxygen atoms in total. The summed E-state index contributed by atoms with van der Waals surface area (Å²) in [6.45, 7) is -0.378. The van der Waals surface area contributed by atoms with Crippen LogP contribution in [-0.4, -0.2) is 54.4 Å². The number of amides is 2. The van der Waals surface area contributed by atoms with Crippen LogP contribution in [0, 0.1) is 5.41 Å². The first kappa shape index (κ1) is 15.6.